The molecule has 1 aliphatic carbocycles. The van der Waals surface area contributed by atoms with Gasteiger partial charge < -0.3 is 16.0 Å². The van der Waals surface area contributed by atoms with E-state index < -0.39 is 11.6 Å². The molecule has 23 heavy (non-hydrogen) atoms. The highest BCUT2D eigenvalue weighted by Crippen LogP contribution is 2.42. The van der Waals surface area contributed by atoms with Gasteiger partial charge in [0.05, 0.1) is 0 Å². The van der Waals surface area contributed by atoms with Crippen molar-refractivity contribution in [3.8, 4) is 0 Å². The largest absolute Gasteiger partial charge is 0.344 e. The topological polar surface area (TPSA) is 95.7 Å². The lowest BCUT2D eigenvalue weighted by Crippen LogP contribution is -2.47. The van der Waals surface area contributed by atoms with Gasteiger partial charge in [0, 0.05) is 19.6 Å². The molecule has 2 rings (SSSR count). The summed E-state index contributed by atoms with van der Waals surface area (Å²) in [6.45, 7) is 6.14. The Morgan fingerprint density at radius 2 is 2.04 bits per heavy atom. The van der Waals surface area contributed by atoms with Crippen LogP contribution in [0.5, 0.6) is 0 Å². The van der Waals surface area contributed by atoms with Crippen LogP contribution in [-0.4, -0.2) is 59.4 Å². The van der Waals surface area contributed by atoms with E-state index in [-0.39, 0.29) is 30.3 Å². The van der Waals surface area contributed by atoms with E-state index in [1.807, 2.05) is 13.8 Å². The molecule has 1 aliphatic heterocycles. The van der Waals surface area contributed by atoms with Crippen LogP contribution in [-0.2, 0) is 9.59 Å². The van der Waals surface area contributed by atoms with Crippen LogP contribution in [0.1, 0.15) is 40.0 Å². The van der Waals surface area contributed by atoms with Crippen LogP contribution >= 0.6 is 0 Å². The minimum Gasteiger partial charge on any atom is -0.344 e. The lowest BCUT2D eigenvalue weighted by Gasteiger charge is -2.24. The highest BCUT2D eigenvalue weighted by molar-refractivity contribution is 6.09. The predicted molar refractivity (Wildman–Crippen MR) is 86.4 cm³/mol. The second-order valence-electron chi connectivity index (χ2n) is 7.31. The molecule has 2 fully saturated rings. The Morgan fingerprint density at radius 3 is 2.57 bits per heavy atom. The molecule has 1 saturated carbocycles. The Labute approximate surface area is 137 Å². The smallest absolute Gasteiger partial charge is 0.325 e. The molecule has 2 aliphatic rings. The van der Waals surface area contributed by atoms with Gasteiger partial charge in [0.2, 0.25) is 5.91 Å². The van der Waals surface area contributed by atoms with Gasteiger partial charge in [-0.1, -0.05) is 13.8 Å². The van der Waals surface area contributed by atoms with Crippen molar-refractivity contribution in [1.29, 1.82) is 0 Å². The van der Waals surface area contributed by atoms with E-state index >= 15 is 0 Å². The molecule has 0 radical (unpaired) electrons. The van der Waals surface area contributed by atoms with Crippen molar-refractivity contribution in [2.75, 3.05) is 20.1 Å². The van der Waals surface area contributed by atoms with Gasteiger partial charge in [-0.05, 0) is 38.0 Å². The van der Waals surface area contributed by atoms with E-state index in [9.17, 15) is 14.4 Å². The number of imide groups is 1. The number of amides is 4. The average Bonchev–Trinajstić information content (AvgIpc) is 3.30. The maximum Gasteiger partial charge on any atom is 0.325 e. The van der Waals surface area contributed by atoms with Crippen LogP contribution in [0.15, 0.2) is 0 Å². The van der Waals surface area contributed by atoms with Gasteiger partial charge in [-0.3, -0.25) is 14.5 Å². The molecule has 4 amide bonds. The fourth-order valence-corrected chi connectivity index (χ4v) is 2.85. The number of nitrogens with zero attached hydrogens (tertiary/aromatic N) is 2. The highest BCUT2D eigenvalue weighted by atomic mass is 16.2. The summed E-state index contributed by atoms with van der Waals surface area (Å²) < 4.78 is 0. The minimum absolute atomic E-state index is 0.0279. The molecule has 2 unspecified atom stereocenters. The van der Waals surface area contributed by atoms with Crippen LogP contribution in [0.2, 0.25) is 0 Å². The minimum atomic E-state index is -0.837. The first-order valence-corrected chi connectivity index (χ1v) is 8.30. The SMILES string of the molecule is CC(C)C(N)CCN(C)C(=O)CN1C(=O)NC(C)(C2CC2)C1=O. The number of likely N-dealkylation sites (N-methyl/N-ethyl adjacent to an activating group) is 1. The molecule has 0 aromatic rings. The Balaban J connectivity index is 1.89. The first kappa shape index (κ1) is 17.7. The Bertz CT molecular complexity index is 504. The summed E-state index contributed by atoms with van der Waals surface area (Å²) in [6.07, 6.45) is 2.58. The third-order valence-electron chi connectivity index (χ3n) is 5.07. The van der Waals surface area contributed by atoms with Crippen LogP contribution in [0.25, 0.3) is 0 Å². The van der Waals surface area contributed by atoms with Gasteiger partial charge in [-0.15, -0.1) is 0 Å². The van der Waals surface area contributed by atoms with Crippen LogP contribution < -0.4 is 11.1 Å². The van der Waals surface area contributed by atoms with Gasteiger partial charge in [0.25, 0.3) is 5.91 Å². The molecule has 0 aromatic heterocycles. The fourth-order valence-electron chi connectivity index (χ4n) is 2.85. The number of carbonyl (C=O) groups is 3. The second kappa shape index (κ2) is 6.47. The molecular formula is C16H28N4O3. The van der Waals surface area contributed by atoms with Gasteiger partial charge in [-0.25, -0.2) is 4.79 Å². The fraction of sp³-hybridized carbons (Fsp3) is 0.812. The number of rotatable bonds is 7. The lowest BCUT2D eigenvalue weighted by atomic mass is 9.96. The molecule has 1 saturated heterocycles. The standard InChI is InChI=1S/C16H28N4O3/c1-10(2)12(17)7-8-19(4)13(21)9-20-14(22)16(3,11-5-6-11)18-15(20)23/h10-12H,5-9,17H2,1-4H3,(H,18,23). The summed E-state index contributed by atoms with van der Waals surface area (Å²) in [5, 5.41) is 2.75. The first-order valence-electron chi connectivity index (χ1n) is 8.30. The van der Waals surface area contributed by atoms with Crippen LogP contribution in [0.3, 0.4) is 0 Å². The van der Waals surface area contributed by atoms with Gasteiger partial charge in [0.15, 0.2) is 0 Å². The van der Waals surface area contributed by atoms with Gasteiger partial charge in [0.1, 0.15) is 12.1 Å². The Morgan fingerprint density at radius 1 is 1.43 bits per heavy atom. The summed E-state index contributed by atoms with van der Waals surface area (Å²) in [4.78, 5) is 39.4. The number of nitrogens with two attached hydrogens (primary N) is 1. The van der Waals surface area contributed by atoms with Crippen molar-refractivity contribution in [2.24, 2.45) is 17.6 Å². The van der Waals surface area contributed by atoms with E-state index in [4.69, 9.17) is 5.73 Å². The maximum absolute atomic E-state index is 12.5. The van der Waals surface area contributed by atoms with Crippen molar-refractivity contribution < 1.29 is 14.4 Å². The molecule has 130 valence electrons. The maximum atomic E-state index is 12.5. The Hall–Kier alpha value is -1.63. The highest BCUT2D eigenvalue weighted by Gasteiger charge is 2.56. The molecule has 7 heteroatoms. The zero-order valence-electron chi connectivity index (χ0n) is 14.5. The first-order chi connectivity index (χ1) is 10.7. The average molecular weight is 324 g/mol. The van der Waals surface area contributed by atoms with E-state index in [1.165, 1.54) is 4.90 Å². The lowest BCUT2D eigenvalue weighted by molar-refractivity contribution is -0.138. The monoisotopic (exact) mass is 324 g/mol. The summed E-state index contributed by atoms with van der Waals surface area (Å²) in [5.41, 5.74) is 5.14. The van der Waals surface area contributed by atoms with E-state index in [0.717, 1.165) is 17.7 Å². The normalized spacial score (nSPS) is 25.7. The summed E-state index contributed by atoms with van der Waals surface area (Å²) in [5.74, 6) is 0.0136. The van der Waals surface area contributed by atoms with Gasteiger partial charge >= 0.3 is 6.03 Å². The van der Waals surface area contributed by atoms with E-state index in [1.54, 1.807) is 14.0 Å². The summed E-state index contributed by atoms with van der Waals surface area (Å²) >= 11 is 0. The Kier molecular flexibility index (Phi) is 4.98. The number of carbonyl (C=O) groups excluding carboxylic acids is 3. The summed E-state index contributed by atoms with van der Waals surface area (Å²) in [6, 6.07) is -0.440. The van der Waals surface area contributed by atoms with Crippen LogP contribution in [0.4, 0.5) is 4.79 Å². The van der Waals surface area contributed by atoms with Crippen molar-refractivity contribution in [1.82, 2.24) is 15.1 Å². The molecule has 7 nitrogen and oxygen atoms in total. The number of urea groups is 1. The molecule has 0 spiro atoms. The molecule has 2 atom stereocenters. The second-order valence-corrected chi connectivity index (χ2v) is 7.31. The number of hydrogen-bond donors (Lipinski definition) is 2. The van der Waals surface area contributed by atoms with Crippen molar-refractivity contribution in [3.63, 3.8) is 0 Å². The third kappa shape index (κ3) is 3.65. The van der Waals surface area contributed by atoms with Crippen LogP contribution in [0, 0.1) is 11.8 Å². The van der Waals surface area contributed by atoms with Gasteiger partial charge in [-0.2, -0.15) is 0 Å². The quantitative estimate of drug-likeness (QED) is 0.668. The molecule has 0 bridgehead atoms. The van der Waals surface area contributed by atoms with Crippen molar-refractivity contribution in [2.45, 2.75) is 51.6 Å². The van der Waals surface area contributed by atoms with Crippen molar-refractivity contribution >= 4 is 17.8 Å². The van der Waals surface area contributed by atoms with Crippen molar-refractivity contribution in [3.05, 3.63) is 0 Å². The predicted octanol–water partition coefficient (Wildman–Crippen LogP) is 0.539. The number of hydrogen-bond acceptors (Lipinski definition) is 4. The zero-order valence-corrected chi connectivity index (χ0v) is 14.5. The number of nitrogens with one attached hydrogen (secondary N) is 1. The summed E-state index contributed by atoms with van der Waals surface area (Å²) in [7, 11) is 1.67. The van der Waals surface area contributed by atoms with E-state index in [2.05, 4.69) is 5.32 Å². The van der Waals surface area contributed by atoms with E-state index in [0.29, 0.717) is 18.9 Å². The molecule has 1 heterocycles. The molecular weight excluding hydrogens is 296 g/mol. The zero-order chi connectivity index (χ0) is 17.4. The molecule has 0 aromatic carbocycles. The third-order valence-corrected chi connectivity index (χ3v) is 5.07. The molecule has 3 N–H and O–H groups in total.